The molecular weight excluding hydrogens is 282 g/mol. The number of benzene rings is 2. The molecule has 1 heterocycles. The molecule has 1 N–H and O–H groups in total. The molecule has 106 valence electrons. The summed E-state index contributed by atoms with van der Waals surface area (Å²) < 4.78 is 0. The number of aromatic nitrogens is 1. The Balaban J connectivity index is 2.17. The lowest BCUT2D eigenvalue weighted by atomic mass is 9.99. The van der Waals surface area contributed by atoms with Gasteiger partial charge in [0.2, 0.25) is 0 Å². The van der Waals surface area contributed by atoms with E-state index in [4.69, 9.17) is 11.6 Å². The molecule has 3 heteroatoms. The Bertz CT molecular complexity index is 800. The highest BCUT2D eigenvalue weighted by Gasteiger charge is 2.13. The quantitative estimate of drug-likeness (QED) is 0.643. The van der Waals surface area contributed by atoms with Crippen LogP contribution in [0.15, 0.2) is 42.5 Å². The van der Waals surface area contributed by atoms with Crippen LogP contribution in [-0.4, -0.2) is 11.3 Å². The summed E-state index contributed by atoms with van der Waals surface area (Å²) in [5, 5.41) is 1.49. The van der Waals surface area contributed by atoms with Crippen molar-refractivity contribution < 1.29 is 4.79 Å². The van der Waals surface area contributed by atoms with Gasteiger partial charge in [-0.2, -0.15) is 0 Å². The highest BCUT2D eigenvalue weighted by atomic mass is 35.5. The Morgan fingerprint density at radius 1 is 1.10 bits per heavy atom. The van der Waals surface area contributed by atoms with Crippen molar-refractivity contribution in [1.82, 2.24) is 4.98 Å². The molecule has 3 rings (SSSR count). The number of H-pyrrole nitrogens is 1. The maximum Gasteiger partial charge on any atom is 0.152 e. The fraction of sp³-hybridized carbons (Fsp3) is 0.167. The molecule has 2 aromatic carbocycles. The summed E-state index contributed by atoms with van der Waals surface area (Å²) in [5.41, 5.74) is 4.71. The summed E-state index contributed by atoms with van der Waals surface area (Å²) >= 11 is 6.03. The van der Waals surface area contributed by atoms with Gasteiger partial charge in [0.25, 0.3) is 0 Å². The van der Waals surface area contributed by atoms with Gasteiger partial charge >= 0.3 is 0 Å². The van der Waals surface area contributed by atoms with E-state index in [1.165, 1.54) is 5.56 Å². The fourth-order valence-corrected chi connectivity index (χ4v) is 2.74. The van der Waals surface area contributed by atoms with Crippen molar-refractivity contribution in [2.24, 2.45) is 0 Å². The Labute approximate surface area is 128 Å². The monoisotopic (exact) mass is 297 g/mol. The van der Waals surface area contributed by atoms with Crippen molar-refractivity contribution in [1.29, 1.82) is 0 Å². The van der Waals surface area contributed by atoms with Crippen molar-refractivity contribution in [3.63, 3.8) is 0 Å². The number of carbonyl (C=O) groups is 1. The van der Waals surface area contributed by atoms with Crippen LogP contribution in [0.5, 0.6) is 0 Å². The number of hydrogen-bond donors (Lipinski definition) is 1. The molecule has 0 saturated heterocycles. The minimum absolute atomic E-state index is 0.492. The summed E-state index contributed by atoms with van der Waals surface area (Å²) in [6.45, 7) is 4.33. The average Bonchev–Trinajstić information content (AvgIpc) is 2.85. The van der Waals surface area contributed by atoms with Crippen LogP contribution in [0.25, 0.3) is 22.2 Å². The topological polar surface area (TPSA) is 32.9 Å². The number of nitrogens with one attached hydrogen (secondary N) is 1. The van der Waals surface area contributed by atoms with Crippen LogP contribution in [0.1, 0.15) is 35.7 Å². The van der Waals surface area contributed by atoms with Gasteiger partial charge in [0.05, 0.1) is 5.69 Å². The Kier molecular flexibility index (Phi) is 3.56. The number of rotatable bonds is 3. The molecular formula is C18H16ClNO. The van der Waals surface area contributed by atoms with E-state index in [0.717, 1.165) is 28.4 Å². The molecule has 0 fully saturated rings. The van der Waals surface area contributed by atoms with E-state index in [9.17, 15) is 4.79 Å². The van der Waals surface area contributed by atoms with Crippen molar-refractivity contribution >= 4 is 28.8 Å². The van der Waals surface area contributed by atoms with Crippen molar-refractivity contribution in [2.75, 3.05) is 0 Å². The van der Waals surface area contributed by atoms with E-state index >= 15 is 0 Å². The summed E-state index contributed by atoms with van der Waals surface area (Å²) in [5.74, 6) is 0.492. The summed E-state index contributed by atoms with van der Waals surface area (Å²) in [6.07, 6.45) is 0.890. The largest absolute Gasteiger partial charge is 0.354 e. The van der Waals surface area contributed by atoms with Gasteiger partial charge in [-0.05, 0) is 35.2 Å². The molecule has 2 nitrogen and oxygen atoms in total. The highest BCUT2D eigenvalue weighted by Crippen LogP contribution is 2.31. The van der Waals surface area contributed by atoms with Crippen LogP contribution >= 0.6 is 11.6 Å². The average molecular weight is 298 g/mol. The molecule has 0 atom stereocenters. The molecule has 21 heavy (non-hydrogen) atoms. The first kappa shape index (κ1) is 13.9. The smallest absolute Gasteiger partial charge is 0.152 e. The minimum Gasteiger partial charge on any atom is -0.354 e. The van der Waals surface area contributed by atoms with Crippen molar-refractivity contribution in [3.8, 4) is 11.3 Å². The number of hydrogen-bond acceptors (Lipinski definition) is 1. The van der Waals surface area contributed by atoms with E-state index in [1.54, 1.807) is 0 Å². The molecule has 0 aliphatic carbocycles. The molecule has 0 radical (unpaired) electrons. The lowest BCUT2D eigenvalue weighted by Crippen LogP contribution is -1.88. The number of fused-ring (bicyclic) bond motifs is 1. The van der Waals surface area contributed by atoms with Gasteiger partial charge in [-0.15, -0.1) is 0 Å². The van der Waals surface area contributed by atoms with E-state index in [0.29, 0.717) is 16.5 Å². The maximum absolute atomic E-state index is 11.5. The summed E-state index contributed by atoms with van der Waals surface area (Å²) in [7, 11) is 0. The zero-order valence-corrected chi connectivity index (χ0v) is 12.7. The third kappa shape index (κ3) is 2.47. The first-order chi connectivity index (χ1) is 10.1. The number of aromatic amines is 1. The third-order valence-electron chi connectivity index (χ3n) is 3.78. The lowest BCUT2D eigenvalue weighted by molar-refractivity contribution is 0.112. The van der Waals surface area contributed by atoms with Crippen molar-refractivity contribution in [3.05, 3.63) is 58.6 Å². The van der Waals surface area contributed by atoms with Crippen LogP contribution in [0.2, 0.25) is 5.02 Å². The fourth-order valence-electron chi connectivity index (χ4n) is 2.57. The standard InChI is InChI=1S/C18H16ClNO/c1-11(2)12-3-5-13(6-4-12)18-16(10-21)15-9-14(19)7-8-17(15)20-18/h3-11,20H,1-2H3. The molecule has 0 unspecified atom stereocenters. The second kappa shape index (κ2) is 5.38. The van der Waals surface area contributed by atoms with E-state index in [-0.39, 0.29) is 0 Å². The third-order valence-corrected chi connectivity index (χ3v) is 4.02. The van der Waals surface area contributed by atoms with Crippen LogP contribution < -0.4 is 0 Å². The van der Waals surface area contributed by atoms with Crippen LogP contribution in [0.3, 0.4) is 0 Å². The normalized spacial score (nSPS) is 11.2. The number of aldehydes is 1. The van der Waals surface area contributed by atoms with Crippen LogP contribution in [0.4, 0.5) is 0 Å². The zero-order chi connectivity index (χ0) is 15.0. The predicted octanol–water partition coefficient (Wildman–Crippen LogP) is 5.42. The lowest BCUT2D eigenvalue weighted by Gasteiger charge is -2.06. The SMILES string of the molecule is CC(C)c1ccc(-c2[nH]c3ccc(Cl)cc3c2C=O)cc1. The van der Waals surface area contributed by atoms with Gasteiger partial charge in [0.15, 0.2) is 6.29 Å². The van der Waals surface area contributed by atoms with Gasteiger partial charge in [-0.25, -0.2) is 0 Å². The molecule has 0 spiro atoms. The molecule has 0 saturated carbocycles. The molecule has 1 aromatic heterocycles. The molecule has 0 amide bonds. The van der Waals surface area contributed by atoms with Gasteiger partial charge in [0, 0.05) is 21.5 Å². The Morgan fingerprint density at radius 3 is 2.43 bits per heavy atom. The minimum atomic E-state index is 0.492. The Hall–Kier alpha value is -2.06. The highest BCUT2D eigenvalue weighted by molar-refractivity contribution is 6.31. The summed E-state index contributed by atoms with van der Waals surface area (Å²) in [4.78, 5) is 14.8. The molecule has 3 aromatic rings. The number of carbonyl (C=O) groups excluding carboxylic acids is 1. The molecule has 0 aliphatic heterocycles. The maximum atomic E-state index is 11.5. The Morgan fingerprint density at radius 2 is 1.81 bits per heavy atom. The van der Waals surface area contributed by atoms with E-state index < -0.39 is 0 Å². The second-order valence-electron chi connectivity index (χ2n) is 5.50. The summed E-state index contributed by atoms with van der Waals surface area (Å²) in [6, 6.07) is 13.9. The van der Waals surface area contributed by atoms with Gasteiger partial charge in [-0.3, -0.25) is 4.79 Å². The van der Waals surface area contributed by atoms with E-state index in [2.05, 4.69) is 43.1 Å². The number of halogens is 1. The van der Waals surface area contributed by atoms with Gasteiger partial charge in [0.1, 0.15) is 0 Å². The van der Waals surface area contributed by atoms with Crippen LogP contribution in [-0.2, 0) is 0 Å². The van der Waals surface area contributed by atoms with Gasteiger partial charge < -0.3 is 4.98 Å². The second-order valence-corrected chi connectivity index (χ2v) is 5.93. The molecule has 0 bridgehead atoms. The zero-order valence-electron chi connectivity index (χ0n) is 12.0. The first-order valence-corrected chi connectivity index (χ1v) is 7.34. The van der Waals surface area contributed by atoms with Crippen molar-refractivity contribution in [2.45, 2.75) is 19.8 Å². The van der Waals surface area contributed by atoms with Crippen LogP contribution in [0, 0.1) is 0 Å². The predicted molar refractivity (Wildman–Crippen MR) is 88.2 cm³/mol. The molecule has 0 aliphatic rings. The van der Waals surface area contributed by atoms with Gasteiger partial charge in [-0.1, -0.05) is 49.7 Å². The van der Waals surface area contributed by atoms with E-state index in [1.807, 2.05) is 18.2 Å². The first-order valence-electron chi connectivity index (χ1n) is 6.97.